The summed E-state index contributed by atoms with van der Waals surface area (Å²) in [6.45, 7) is 3.14. The highest BCUT2D eigenvalue weighted by molar-refractivity contribution is 7.99. The van der Waals surface area contributed by atoms with Crippen molar-refractivity contribution >= 4 is 11.8 Å². The maximum absolute atomic E-state index is 5.41. The molecule has 0 amide bonds. The molecular weight excluding hydrogens is 120 g/mol. The third-order valence-electron chi connectivity index (χ3n) is 1.34. The second-order valence-electron chi connectivity index (χ2n) is 1.98. The van der Waals surface area contributed by atoms with Crippen LogP contribution in [0.25, 0.3) is 0 Å². The first kappa shape index (κ1) is 6.43. The summed E-state index contributed by atoms with van der Waals surface area (Å²) in [5, 5.41) is 0. The molecule has 0 aromatic carbocycles. The molecule has 0 aromatic rings. The lowest BCUT2D eigenvalue weighted by Crippen LogP contribution is -2.21. The van der Waals surface area contributed by atoms with Gasteiger partial charge in [-0.15, -0.1) is 0 Å². The highest BCUT2D eigenvalue weighted by Gasteiger charge is 2.10. The number of ether oxygens (including phenoxy) is 1. The summed E-state index contributed by atoms with van der Waals surface area (Å²) in [7, 11) is 0. The maximum Gasteiger partial charge on any atom is 0.0663 e. The predicted molar refractivity (Wildman–Crippen MR) is 37.4 cm³/mol. The number of thioether (sulfide) groups is 1. The van der Waals surface area contributed by atoms with Crippen LogP contribution in [0, 0.1) is 0 Å². The van der Waals surface area contributed by atoms with E-state index in [1.165, 1.54) is 17.9 Å². The maximum atomic E-state index is 5.41. The first-order valence-corrected chi connectivity index (χ1v) is 4.28. The Hall–Kier alpha value is 0.310. The van der Waals surface area contributed by atoms with Crippen LogP contribution < -0.4 is 0 Å². The Kier molecular flexibility index (Phi) is 2.70. The molecule has 0 bridgehead atoms. The van der Waals surface area contributed by atoms with Crippen molar-refractivity contribution < 1.29 is 4.74 Å². The standard InChI is InChI=1S/C6H12OS/c1-2-6-5-8-4-3-7-6/h6H,2-5H2,1H3. The molecule has 1 fully saturated rings. The average Bonchev–Trinajstić information content (AvgIpc) is 1.90. The van der Waals surface area contributed by atoms with Crippen molar-refractivity contribution in [2.75, 3.05) is 18.1 Å². The Bertz CT molecular complexity index is 59.5. The zero-order valence-electron chi connectivity index (χ0n) is 5.22. The first-order valence-electron chi connectivity index (χ1n) is 3.13. The lowest BCUT2D eigenvalue weighted by molar-refractivity contribution is 0.0733. The highest BCUT2D eigenvalue weighted by atomic mass is 32.2. The van der Waals surface area contributed by atoms with Crippen LogP contribution in [0.4, 0.5) is 0 Å². The fourth-order valence-corrected chi connectivity index (χ4v) is 1.75. The summed E-state index contributed by atoms with van der Waals surface area (Å²) < 4.78 is 5.41. The van der Waals surface area contributed by atoms with Crippen molar-refractivity contribution in [3.05, 3.63) is 0 Å². The van der Waals surface area contributed by atoms with Gasteiger partial charge in [0.1, 0.15) is 0 Å². The van der Waals surface area contributed by atoms with Gasteiger partial charge in [-0.25, -0.2) is 0 Å². The van der Waals surface area contributed by atoms with Crippen LogP contribution in [0.3, 0.4) is 0 Å². The summed E-state index contributed by atoms with van der Waals surface area (Å²) in [5.74, 6) is 2.40. The van der Waals surface area contributed by atoms with Crippen LogP contribution in [0.5, 0.6) is 0 Å². The van der Waals surface area contributed by atoms with Crippen LogP contribution in [0.2, 0.25) is 0 Å². The van der Waals surface area contributed by atoms with Crippen LogP contribution in [-0.2, 0) is 4.74 Å². The number of hydrogen-bond acceptors (Lipinski definition) is 2. The van der Waals surface area contributed by atoms with E-state index < -0.39 is 0 Å². The summed E-state index contributed by atoms with van der Waals surface area (Å²) in [6, 6.07) is 0. The van der Waals surface area contributed by atoms with E-state index in [9.17, 15) is 0 Å². The molecule has 1 nitrogen and oxygen atoms in total. The topological polar surface area (TPSA) is 9.23 Å². The molecule has 1 aliphatic heterocycles. The second-order valence-corrected chi connectivity index (χ2v) is 3.13. The van der Waals surface area contributed by atoms with Crippen molar-refractivity contribution in [1.29, 1.82) is 0 Å². The zero-order chi connectivity index (χ0) is 5.82. The summed E-state index contributed by atoms with van der Waals surface area (Å²) in [5.41, 5.74) is 0. The van der Waals surface area contributed by atoms with E-state index in [2.05, 4.69) is 6.92 Å². The lowest BCUT2D eigenvalue weighted by atomic mass is 10.3. The molecule has 2 heteroatoms. The predicted octanol–water partition coefficient (Wildman–Crippen LogP) is 1.53. The van der Waals surface area contributed by atoms with Gasteiger partial charge in [-0.05, 0) is 6.42 Å². The van der Waals surface area contributed by atoms with E-state index in [1.54, 1.807) is 0 Å². The molecule has 1 atom stereocenters. The Morgan fingerprint density at radius 1 is 1.75 bits per heavy atom. The highest BCUT2D eigenvalue weighted by Crippen LogP contribution is 2.13. The van der Waals surface area contributed by atoms with Crippen molar-refractivity contribution in [2.24, 2.45) is 0 Å². The van der Waals surface area contributed by atoms with Gasteiger partial charge in [0.05, 0.1) is 12.7 Å². The van der Waals surface area contributed by atoms with Crippen LogP contribution in [-0.4, -0.2) is 24.2 Å². The van der Waals surface area contributed by atoms with E-state index in [1.807, 2.05) is 11.8 Å². The molecule has 1 saturated heterocycles. The van der Waals surface area contributed by atoms with Gasteiger partial charge in [0, 0.05) is 11.5 Å². The third kappa shape index (κ3) is 1.67. The molecule has 0 aromatic heterocycles. The van der Waals surface area contributed by atoms with Crippen molar-refractivity contribution in [1.82, 2.24) is 0 Å². The smallest absolute Gasteiger partial charge is 0.0663 e. The molecular formula is C6H12OS. The summed E-state index contributed by atoms with van der Waals surface area (Å²) >= 11 is 2.00. The summed E-state index contributed by atoms with van der Waals surface area (Å²) in [6.07, 6.45) is 1.72. The van der Waals surface area contributed by atoms with E-state index in [-0.39, 0.29) is 0 Å². The largest absolute Gasteiger partial charge is 0.377 e. The molecule has 0 aliphatic carbocycles. The van der Waals surface area contributed by atoms with E-state index in [4.69, 9.17) is 4.74 Å². The lowest BCUT2D eigenvalue weighted by Gasteiger charge is -2.20. The third-order valence-corrected chi connectivity index (χ3v) is 2.40. The van der Waals surface area contributed by atoms with E-state index in [0.29, 0.717) is 6.10 Å². The first-order chi connectivity index (χ1) is 3.93. The van der Waals surface area contributed by atoms with E-state index >= 15 is 0 Å². The minimum atomic E-state index is 0.550. The van der Waals surface area contributed by atoms with Gasteiger partial charge >= 0.3 is 0 Å². The molecule has 0 saturated carbocycles. The molecule has 1 aliphatic rings. The average molecular weight is 132 g/mol. The van der Waals surface area contributed by atoms with Crippen LogP contribution in [0.15, 0.2) is 0 Å². The van der Waals surface area contributed by atoms with Gasteiger partial charge in [0.15, 0.2) is 0 Å². The number of hydrogen-bond donors (Lipinski definition) is 0. The van der Waals surface area contributed by atoms with Crippen molar-refractivity contribution in [2.45, 2.75) is 19.4 Å². The normalized spacial score (nSPS) is 30.4. The van der Waals surface area contributed by atoms with Crippen molar-refractivity contribution in [3.63, 3.8) is 0 Å². The molecule has 1 rings (SSSR count). The monoisotopic (exact) mass is 132 g/mol. The minimum absolute atomic E-state index is 0.550. The second kappa shape index (κ2) is 3.36. The molecule has 48 valence electrons. The van der Waals surface area contributed by atoms with E-state index in [0.717, 1.165) is 6.61 Å². The fraction of sp³-hybridized carbons (Fsp3) is 1.00. The van der Waals surface area contributed by atoms with Gasteiger partial charge in [-0.1, -0.05) is 6.92 Å². The fourth-order valence-electron chi connectivity index (χ4n) is 0.772. The Morgan fingerprint density at radius 3 is 3.00 bits per heavy atom. The number of rotatable bonds is 1. The molecule has 8 heavy (non-hydrogen) atoms. The van der Waals surface area contributed by atoms with Crippen LogP contribution >= 0.6 is 11.8 Å². The Labute approximate surface area is 54.8 Å². The SMILES string of the molecule is CCC1CSCCO1. The van der Waals surface area contributed by atoms with Gasteiger partial charge in [-0.3, -0.25) is 0 Å². The molecule has 0 N–H and O–H groups in total. The Balaban J connectivity index is 2.13. The van der Waals surface area contributed by atoms with Gasteiger partial charge in [-0.2, -0.15) is 11.8 Å². The molecule has 0 radical (unpaired) electrons. The Morgan fingerprint density at radius 2 is 2.62 bits per heavy atom. The van der Waals surface area contributed by atoms with Gasteiger partial charge < -0.3 is 4.74 Å². The van der Waals surface area contributed by atoms with Crippen molar-refractivity contribution in [3.8, 4) is 0 Å². The molecule has 0 spiro atoms. The minimum Gasteiger partial charge on any atom is -0.377 e. The quantitative estimate of drug-likeness (QED) is 0.535. The van der Waals surface area contributed by atoms with Crippen LogP contribution in [0.1, 0.15) is 13.3 Å². The molecule has 1 heterocycles. The van der Waals surface area contributed by atoms with Gasteiger partial charge in [0.2, 0.25) is 0 Å². The summed E-state index contributed by atoms with van der Waals surface area (Å²) in [4.78, 5) is 0. The zero-order valence-corrected chi connectivity index (χ0v) is 6.04. The van der Waals surface area contributed by atoms with Gasteiger partial charge in [0.25, 0.3) is 0 Å². The molecule has 1 unspecified atom stereocenters.